The minimum atomic E-state index is -0.566. The van der Waals surface area contributed by atoms with Gasteiger partial charge in [0.1, 0.15) is 12.4 Å². The Kier molecular flexibility index (Phi) is 4.71. The summed E-state index contributed by atoms with van der Waals surface area (Å²) in [6.45, 7) is 11.7. The second-order valence-corrected chi connectivity index (χ2v) is 6.53. The molecule has 1 saturated heterocycles. The number of likely N-dealkylation sites (tertiary alicyclic amines) is 1. The first kappa shape index (κ1) is 15.3. The Morgan fingerprint density at radius 3 is 2.65 bits per heavy atom. The molecular weight excluding hydrogens is 250 g/mol. The molecule has 1 atom stereocenters. The van der Waals surface area contributed by atoms with Gasteiger partial charge in [0.2, 0.25) is 0 Å². The summed E-state index contributed by atoms with van der Waals surface area (Å²) in [6, 6.07) is 6.23. The Morgan fingerprint density at radius 2 is 2.05 bits per heavy atom. The molecule has 0 amide bonds. The van der Waals surface area contributed by atoms with Crippen molar-refractivity contribution in [3.63, 3.8) is 0 Å². The lowest BCUT2D eigenvalue weighted by atomic mass is 9.90. The van der Waals surface area contributed by atoms with Gasteiger partial charge in [-0.3, -0.25) is 4.90 Å². The number of ether oxygens (including phenoxy) is 1. The van der Waals surface area contributed by atoms with E-state index in [9.17, 15) is 5.11 Å². The predicted molar refractivity (Wildman–Crippen MR) is 82.3 cm³/mol. The first-order valence-electron chi connectivity index (χ1n) is 7.51. The van der Waals surface area contributed by atoms with E-state index in [-0.39, 0.29) is 0 Å². The van der Waals surface area contributed by atoms with E-state index in [1.807, 2.05) is 19.9 Å². The van der Waals surface area contributed by atoms with Crippen molar-refractivity contribution < 1.29 is 9.84 Å². The van der Waals surface area contributed by atoms with E-state index in [0.29, 0.717) is 12.5 Å². The SMILES string of the molecule is Cc1ccc(OCCN2CC[C@H](C(C)(C)O)C2)cc1C. The highest BCUT2D eigenvalue weighted by molar-refractivity contribution is 5.33. The molecule has 0 unspecified atom stereocenters. The monoisotopic (exact) mass is 277 g/mol. The van der Waals surface area contributed by atoms with Gasteiger partial charge >= 0.3 is 0 Å². The molecule has 0 spiro atoms. The molecule has 1 aliphatic rings. The normalized spacial score (nSPS) is 20.4. The summed E-state index contributed by atoms with van der Waals surface area (Å²) >= 11 is 0. The van der Waals surface area contributed by atoms with Crippen LogP contribution >= 0.6 is 0 Å². The van der Waals surface area contributed by atoms with Crippen LogP contribution in [0.25, 0.3) is 0 Å². The van der Waals surface area contributed by atoms with Crippen LogP contribution in [-0.2, 0) is 0 Å². The third kappa shape index (κ3) is 3.97. The number of nitrogens with zero attached hydrogens (tertiary/aromatic N) is 1. The highest BCUT2D eigenvalue weighted by Crippen LogP contribution is 2.26. The summed E-state index contributed by atoms with van der Waals surface area (Å²) in [7, 11) is 0. The molecule has 1 aromatic rings. The average Bonchev–Trinajstić information content (AvgIpc) is 2.82. The highest BCUT2D eigenvalue weighted by atomic mass is 16.5. The fourth-order valence-corrected chi connectivity index (χ4v) is 2.71. The van der Waals surface area contributed by atoms with Crippen molar-refractivity contribution in [2.24, 2.45) is 5.92 Å². The van der Waals surface area contributed by atoms with Gasteiger partial charge in [-0.2, -0.15) is 0 Å². The molecule has 0 saturated carbocycles. The zero-order valence-corrected chi connectivity index (χ0v) is 13.1. The Bertz CT molecular complexity index is 451. The molecule has 20 heavy (non-hydrogen) atoms. The lowest BCUT2D eigenvalue weighted by Gasteiger charge is -2.25. The van der Waals surface area contributed by atoms with Crippen molar-refractivity contribution in [1.29, 1.82) is 0 Å². The van der Waals surface area contributed by atoms with E-state index in [0.717, 1.165) is 31.8 Å². The van der Waals surface area contributed by atoms with Crippen molar-refractivity contribution in [2.45, 2.75) is 39.7 Å². The number of aliphatic hydroxyl groups is 1. The standard InChI is InChI=1S/C17H27NO2/c1-13-5-6-16(11-14(13)2)20-10-9-18-8-7-15(12-18)17(3,4)19/h5-6,11,15,19H,7-10,12H2,1-4H3/t15-/m0/s1. The van der Waals surface area contributed by atoms with E-state index in [1.165, 1.54) is 11.1 Å². The maximum absolute atomic E-state index is 10.0. The number of hydrogen-bond donors (Lipinski definition) is 1. The maximum atomic E-state index is 10.0. The molecular formula is C17H27NO2. The summed E-state index contributed by atoms with van der Waals surface area (Å²) < 4.78 is 5.82. The van der Waals surface area contributed by atoms with E-state index in [2.05, 4.69) is 30.9 Å². The molecule has 112 valence electrons. The van der Waals surface area contributed by atoms with E-state index in [1.54, 1.807) is 0 Å². The van der Waals surface area contributed by atoms with E-state index in [4.69, 9.17) is 4.74 Å². The van der Waals surface area contributed by atoms with Gasteiger partial charge in [0, 0.05) is 19.0 Å². The van der Waals surface area contributed by atoms with Crippen LogP contribution in [0.15, 0.2) is 18.2 Å². The van der Waals surface area contributed by atoms with Gasteiger partial charge in [-0.15, -0.1) is 0 Å². The number of benzene rings is 1. The van der Waals surface area contributed by atoms with Crippen LogP contribution in [0.1, 0.15) is 31.4 Å². The van der Waals surface area contributed by atoms with Crippen LogP contribution in [0.2, 0.25) is 0 Å². The Morgan fingerprint density at radius 1 is 1.30 bits per heavy atom. The van der Waals surface area contributed by atoms with Crippen LogP contribution in [-0.4, -0.2) is 41.8 Å². The molecule has 1 aromatic carbocycles. The molecule has 2 rings (SSSR count). The molecule has 3 nitrogen and oxygen atoms in total. The van der Waals surface area contributed by atoms with Gasteiger partial charge in [0.25, 0.3) is 0 Å². The zero-order chi connectivity index (χ0) is 14.8. The van der Waals surface area contributed by atoms with E-state index >= 15 is 0 Å². The highest BCUT2D eigenvalue weighted by Gasteiger charge is 2.33. The quantitative estimate of drug-likeness (QED) is 0.898. The molecule has 1 aliphatic heterocycles. The fourth-order valence-electron chi connectivity index (χ4n) is 2.71. The molecule has 3 heteroatoms. The topological polar surface area (TPSA) is 32.7 Å². The number of hydrogen-bond acceptors (Lipinski definition) is 3. The molecule has 0 radical (unpaired) electrons. The summed E-state index contributed by atoms with van der Waals surface area (Å²) in [4.78, 5) is 2.38. The predicted octanol–water partition coefficient (Wildman–Crippen LogP) is 2.78. The Balaban J connectivity index is 1.75. The van der Waals surface area contributed by atoms with Gasteiger partial charge in [0.15, 0.2) is 0 Å². The number of aryl methyl sites for hydroxylation is 2. The summed E-state index contributed by atoms with van der Waals surface area (Å²) in [5.74, 6) is 1.33. The van der Waals surface area contributed by atoms with Crippen LogP contribution in [0, 0.1) is 19.8 Å². The average molecular weight is 277 g/mol. The van der Waals surface area contributed by atoms with Gasteiger partial charge in [-0.05, 0) is 63.9 Å². The summed E-state index contributed by atoms with van der Waals surface area (Å²) in [5.41, 5.74) is 2.00. The van der Waals surface area contributed by atoms with Gasteiger partial charge in [0.05, 0.1) is 5.60 Å². The largest absolute Gasteiger partial charge is 0.492 e. The van der Waals surface area contributed by atoms with Crippen molar-refractivity contribution in [1.82, 2.24) is 4.90 Å². The molecule has 0 aliphatic carbocycles. The van der Waals surface area contributed by atoms with Crippen molar-refractivity contribution in [2.75, 3.05) is 26.2 Å². The fraction of sp³-hybridized carbons (Fsp3) is 0.647. The van der Waals surface area contributed by atoms with Crippen molar-refractivity contribution in [3.05, 3.63) is 29.3 Å². The summed E-state index contributed by atoms with van der Waals surface area (Å²) in [6.07, 6.45) is 1.08. The first-order chi connectivity index (χ1) is 9.36. The van der Waals surface area contributed by atoms with Crippen molar-refractivity contribution in [3.8, 4) is 5.75 Å². The zero-order valence-electron chi connectivity index (χ0n) is 13.1. The third-order valence-corrected chi connectivity index (χ3v) is 4.43. The number of rotatable bonds is 5. The molecule has 0 bridgehead atoms. The summed E-state index contributed by atoms with van der Waals surface area (Å²) in [5, 5.41) is 10.0. The van der Waals surface area contributed by atoms with Crippen LogP contribution in [0.4, 0.5) is 0 Å². The lowest BCUT2D eigenvalue weighted by molar-refractivity contribution is 0.0206. The maximum Gasteiger partial charge on any atom is 0.119 e. The van der Waals surface area contributed by atoms with Crippen molar-refractivity contribution >= 4 is 0 Å². The smallest absolute Gasteiger partial charge is 0.119 e. The Labute approximate surface area is 122 Å². The molecule has 1 fully saturated rings. The second kappa shape index (κ2) is 6.15. The first-order valence-corrected chi connectivity index (χ1v) is 7.51. The minimum Gasteiger partial charge on any atom is -0.492 e. The minimum absolute atomic E-state index is 0.379. The van der Waals surface area contributed by atoms with Gasteiger partial charge in [-0.25, -0.2) is 0 Å². The Hall–Kier alpha value is -1.06. The van der Waals surface area contributed by atoms with Crippen LogP contribution < -0.4 is 4.74 Å². The molecule has 0 aromatic heterocycles. The lowest BCUT2D eigenvalue weighted by Crippen LogP contribution is -2.34. The third-order valence-electron chi connectivity index (χ3n) is 4.43. The van der Waals surface area contributed by atoms with Crippen LogP contribution in [0.3, 0.4) is 0 Å². The van der Waals surface area contributed by atoms with Crippen LogP contribution in [0.5, 0.6) is 5.75 Å². The molecule has 1 heterocycles. The second-order valence-electron chi connectivity index (χ2n) is 6.53. The van der Waals surface area contributed by atoms with E-state index < -0.39 is 5.60 Å². The van der Waals surface area contributed by atoms with Gasteiger partial charge < -0.3 is 9.84 Å². The van der Waals surface area contributed by atoms with Gasteiger partial charge in [-0.1, -0.05) is 6.07 Å². The molecule has 1 N–H and O–H groups in total.